The number of halogens is 2. The van der Waals surface area contributed by atoms with Crippen LogP contribution >= 0.6 is 23.2 Å². The second-order valence-corrected chi connectivity index (χ2v) is 8.54. The van der Waals surface area contributed by atoms with Gasteiger partial charge in [0.15, 0.2) is 0 Å². The van der Waals surface area contributed by atoms with Crippen molar-refractivity contribution in [1.29, 1.82) is 0 Å². The van der Waals surface area contributed by atoms with Gasteiger partial charge < -0.3 is 4.57 Å². The molecule has 3 aromatic rings. The Morgan fingerprint density at radius 2 is 1.70 bits per heavy atom. The molecule has 1 aliphatic heterocycles. The van der Waals surface area contributed by atoms with E-state index in [2.05, 4.69) is 16.1 Å². The third kappa shape index (κ3) is 4.56. The first kappa shape index (κ1) is 21.0. The molecule has 1 N–H and O–H groups in total. The Kier molecular flexibility index (Phi) is 6.47. The lowest BCUT2D eigenvalue weighted by atomic mass is 10.1. The van der Waals surface area contributed by atoms with Crippen LogP contribution in [0.5, 0.6) is 0 Å². The van der Waals surface area contributed by atoms with Gasteiger partial charge in [-0.3, -0.25) is 10.2 Å². The number of para-hydroxylation sites is 1. The predicted octanol–water partition coefficient (Wildman–Crippen LogP) is 5.82. The van der Waals surface area contributed by atoms with E-state index in [-0.39, 0.29) is 5.91 Å². The Bertz CT molecular complexity index is 1040. The molecule has 0 aliphatic carbocycles. The van der Waals surface area contributed by atoms with Gasteiger partial charge in [0.2, 0.25) is 5.91 Å². The molecule has 0 saturated carbocycles. The van der Waals surface area contributed by atoms with Gasteiger partial charge in [0.1, 0.15) is 0 Å². The maximum absolute atomic E-state index is 12.7. The van der Waals surface area contributed by atoms with Gasteiger partial charge in [-0.1, -0.05) is 53.9 Å². The fourth-order valence-electron chi connectivity index (χ4n) is 4.01. The summed E-state index contributed by atoms with van der Waals surface area (Å²) in [6, 6.07) is 17.6. The second-order valence-electron chi connectivity index (χ2n) is 7.69. The summed E-state index contributed by atoms with van der Waals surface area (Å²) in [6.45, 7) is 3.87. The molecule has 0 bridgehead atoms. The summed E-state index contributed by atoms with van der Waals surface area (Å²) < 4.78 is 2.12. The summed E-state index contributed by atoms with van der Waals surface area (Å²) in [5.41, 5.74) is 7.94. The summed E-state index contributed by atoms with van der Waals surface area (Å²) >= 11 is 12.6. The summed E-state index contributed by atoms with van der Waals surface area (Å²) in [7, 11) is 0. The van der Waals surface area contributed by atoms with E-state index < -0.39 is 0 Å². The van der Waals surface area contributed by atoms with Crippen LogP contribution < -0.4 is 5.43 Å². The molecule has 1 aliphatic rings. The molecule has 1 fully saturated rings. The maximum atomic E-state index is 12.7. The van der Waals surface area contributed by atoms with Crippen molar-refractivity contribution in [2.75, 3.05) is 13.1 Å². The average molecular weight is 442 g/mol. The van der Waals surface area contributed by atoms with E-state index in [1.165, 1.54) is 6.42 Å². The average Bonchev–Trinajstić information content (AvgIpc) is 3.05. The van der Waals surface area contributed by atoms with Crippen LogP contribution in [-0.4, -0.2) is 28.6 Å². The number of nitrogens with one attached hydrogen (secondary N) is 1. The number of aromatic nitrogens is 1. The molecule has 2 aromatic carbocycles. The molecule has 30 heavy (non-hydrogen) atoms. The minimum Gasteiger partial charge on any atom is -0.312 e. The van der Waals surface area contributed by atoms with Crippen molar-refractivity contribution >= 4 is 29.1 Å². The largest absolute Gasteiger partial charge is 0.312 e. The van der Waals surface area contributed by atoms with Crippen molar-refractivity contribution in [3.63, 3.8) is 0 Å². The van der Waals surface area contributed by atoms with E-state index in [0.29, 0.717) is 16.5 Å². The van der Waals surface area contributed by atoms with Gasteiger partial charge in [0.25, 0.3) is 0 Å². The van der Waals surface area contributed by atoms with Crippen LogP contribution in [-0.2, 0) is 11.2 Å². The summed E-state index contributed by atoms with van der Waals surface area (Å²) in [5.74, 6) is 0.0129. The minimum atomic E-state index is 0.0129. The summed E-state index contributed by atoms with van der Waals surface area (Å²) in [6.07, 6.45) is 3.81. The van der Waals surface area contributed by atoms with E-state index >= 15 is 0 Å². The van der Waals surface area contributed by atoms with Crippen LogP contribution in [0.15, 0.2) is 54.6 Å². The minimum absolute atomic E-state index is 0.0129. The number of amides is 1. The molecule has 1 aromatic heterocycles. The second kappa shape index (κ2) is 9.25. The summed E-state index contributed by atoms with van der Waals surface area (Å²) in [4.78, 5) is 12.7. The zero-order chi connectivity index (χ0) is 21.1. The van der Waals surface area contributed by atoms with E-state index in [1.54, 1.807) is 0 Å². The number of piperidine rings is 1. The highest BCUT2D eigenvalue weighted by Crippen LogP contribution is 2.33. The number of rotatable bonds is 5. The van der Waals surface area contributed by atoms with Crippen LogP contribution in [0.3, 0.4) is 0 Å². The van der Waals surface area contributed by atoms with Crippen LogP contribution in [0.4, 0.5) is 0 Å². The number of hydrogen-bond acceptors (Lipinski definition) is 2. The Morgan fingerprint density at radius 1 is 1.00 bits per heavy atom. The zero-order valence-electron chi connectivity index (χ0n) is 17.0. The van der Waals surface area contributed by atoms with Gasteiger partial charge in [0, 0.05) is 23.8 Å². The highest BCUT2D eigenvalue weighted by atomic mass is 35.5. The van der Waals surface area contributed by atoms with E-state index in [4.69, 9.17) is 23.2 Å². The number of nitrogens with zero attached hydrogens (tertiary/aromatic N) is 2. The van der Waals surface area contributed by atoms with Crippen molar-refractivity contribution in [2.45, 2.75) is 32.6 Å². The molecule has 156 valence electrons. The molecule has 4 nitrogen and oxygen atoms in total. The van der Waals surface area contributed by atoms with Crippen molar-refractivity contribution < 1.29 is 4.79 Å². The summed E-state index contributed by atoms with van der Waals surface area (Å²) in [5, 5.41) is 3.38. The highest BCUT2D eigenvalue weighted by molar-refractivity contribution is 6.32. The first-order valence-electron chi connectivity index (χ1n) is 10.3. The van der Waals surface area contributed by atoms with Crippen molar-refractivity contribution in [1.82, 2.24) is 15.0 Å². The number of carbonyl (C=O) groups is 1. The third-order valence-corrected chi connectivity index (χ3v) is 6.15. The quantitative estimate of drug-likeness (QED) is 0.541. The molecule has 0 radical (unpaired) electrons. The lowest BCUT2D eigenvalue weighted by Crippen LogP contribution is -2.45. The number of hydrogen-bond donors (Lipinski definition) is 1. The van der Waals surface area contributed by atoms with Gasteiger partial charge in [-0.15, -0.1) is 0 Å². The maximum Gasteiger partial charge on any atom is 0.238 e. The molecule has 0 unspecified atom stereocenters. The SMILES string of the molecule is Cc1c(CC(=O)NN2CCCCC2)cc(-c2ccc(Cl)cc2)n1-c1ccccc1Cl. The normalized spacial score (nSPS) is 14.6. The number of benzene rings is 2. The van der Waals surface area contributed by atoms with Crippen molar-refractivity contribution in [3.8, 4) is 16.9 Å². The van der Waals surface area contributed by atoms with E-state index in [9.17, 15) is 4.79 Å². The van der Waals surface area contributed by atoms with Gasteiger partial charge in [-0.05, 0) is 61.2 Å². The van der Waals surface area contributed by atoms with Gasteiger partial charge in [0.05, 0.1) is 22.8 Å². The lowest BCUT2D eigenvalue weighted by molar-refractivity contribution is -0.125. The first-order valence-corrected chi connectivity index (χ1v) is 11.0. The molecule has 2 heterocycles. The Balaban J connectivity index is 1.69. The number of carbonyl (C=O) groups excluding carboxylic acids is 1. The molecule has 0 atom stereocenters. The third-order valence-electron chi connectivity index (χ3n) is 5.58. The smallest absolute Gasteiger partial charge is 0.238 e. The van der Waals surface area contributed by atoms with E-state index in [1.807, 2.05) is 60.5 Å². The van der Waals surface area contributed by atoms with Gasteiger partial charge in [-0.25, -0.2) is 5.01 Å². The lowest BCUT2D eigenvalue weighted by Gasteiger charge is -2.26. The Labute approximate surface area is 187 Å². The van der Waals surface area contributed by atoms with Gasteiger partial charge in [-0.2, -0.15) is 0 Å². The van der Waals surface area contributed by atoms with Crippen LogP contribution in [0.25, 0.3) is 16.9 Å². The Morgan fingerprint density at radius 3 is 2.40 bits per heavy atom. The molecule has 1 saturated heterocycles. The fourth-order valence-corrected chi connectivity index (χ4v) is 4.35. The molecule has 1 amide bonds. The van der Waals surface area contributed by atoms with Crippen LogP contribution in [0.1, 0.15) is 30.5 Å². The number of hydrazine groups is 1. The Hall–Kier alpha value is -2.27. The van der Waals surface area contributed by atoms with Crippen LogP contribution in [0.2, 0.25) is 10.0 Å². The standard InChI is InChI=1S/C24H25Cl2N3O/c1-17-19(16-24(30)27-28-13-5-2-6-14-28)15-23(18-9-11-20(25)12-10-18)29(17)22-8-4-3-7-21(22)26/h3-4,7-12,15H,2,5-6,13-14,16H2,1H3,(H,27,30). The highest BCUT2D eigenvalue weighted by Gasteiger charge is 2.20. The molecular weight excluding hydrogens is 417 g/mol. The molecular formula is C24H25Cl2N3O. The van der Waals surface area contributed by atoms with Crippen molar-refractivity contribution in [3.05, 3.63) is 75.9 Å². The van der Waals surface area contributed by atoms with E-state index in [0.717, 1.165) is 54.1 Å². The first-order chi connectivity index (χ1) is 14.5. The van der Waals surface area contributed by atoms with Crippen LogP contribution in [0, 0.1) is 6.92 Å². The predicted molar refractivity (Wildman–Crippen MR) is 123 cm³/mol. The molecule has 6 heteroatoms. The zero-order valence-corrected chi connectivity index (χ0v) is 18.5. The monoisotopic (exact) mass is 441 g/mol. The van der Waals surface area contributed by atoms with Gasteiger partial charge >= 0.3 is 0 Å². The fraction of sp³-hybridized carbons (Fsp3) is 0.292. The topological polar surface area (TPSA) is 37.3 Å². The molecule has 4 rings (SSSR count). The van der Waals surface area contributed by atoms with Crippen molar-refractivity contribution in [2.24, 2.45) is 0 Å². The molecule has 0 spiro atoms.